The second-order valence-corrected chi connectivity index (χ2v) is 4.85. The van der Waals surface area contributed by atoms with E-state index in [4.69, 9.17) is 4.74 Å². The molecule has 2 nitrogen and oxygen atoms in total. The molecule has 1 aliphatic heterocycles. The van der Waals surface area contributed by atoms with E-state index >= 15 is 0 Å². The third kappa shape index (κ3) is 2.25. The van der Waals surface area contributed by atoms with Crippen molar-refractivity contribution in [1.29, 1.82) is 0 Å². The SMILES string of the molecule is C=CCN1c2ccccc2OC1(CCCC)C(F)(F)F. The lowest BCUT2D eigenvalue weighted by atomic mass is 10.0. The predicted octanol–water partition coefficient (Wildman–Crippen LogP) is 4.52. The highest BCUT2D eigenvalue weighted by atomic mass is 19.4. The van der Waals surface area contributed by atoms with E-state index in [0.29, 0.717) is 18.5 Å². The van der Waals surface area contributed by atoms with Crippen LogP contribution < -0.4 is 9.64 Å². The van der Waals surface area contributed by atoms with Crippen LogP contribution in [0.5, 0.6) is 5.75 Å². The van der Waals surface area contributed by atoms with Crippen LogP contribution >= 0.6 is 0 Å². The van der Waals surface area contributed by atoms with Crippen molar-refractivity contribution < 1.29 is 17.9 Å². The molecule has 0 aliphatic carbocycles. The number of hydrogen-bond donors (Lipinski definition) is 0. The lowest BCUT2D eigenvalue weighted by Crippen LogP contribution is -2.60. The van der Waals surface area contributed by atoms with Crippen LogP contribution in [-0.2, 0) is 0 Å². The molecule has 1 atom stereocenters. The lowest BCUT2D eigenvalue weighted by molar-refractivity contribution is -0.245. The number of halogens is 3. The number of benzene rings is 1. The van der Waals surface area contributed by atoms with Gasteiger partial charge in [-0.05, 0) is 18.6 Å². The number of fused-ring (bicyclic) bond motifs is 1. The molecule has 0 amide bonds. The molecule has 0 radical (unpaired) electrons. The summed E-state index contributed by atoms with van der Waals surface area (Å²) in [6, 6.07) is 6.62. The van der Waals surface area contributed by atoms with Gasteiger partial charge in [-0.25, -0.2) is 0 Å². The summed E-state index contributed by atoms with van der Waals surface area (Å²) in [6.45, 7) is 5.52. The van der Waals surface area contributed by atoms with Crippen molar-refractivity contribution in [2.24, 2.45) is 0 Å². The molecule has 0 fully saturated rings. The van der Waals surface area contributed by atoms with Crippen LogP contribution in [0.2, 0.25) is 0 Å². The molecule has 0 bridgehead atoms. The van der Waals surface area contributed by atoms with E-state index in [0.717, 1.165) is 0 Å². The van der Waals surface area contributed by atoms with E-state index in [1.165, 1.54) is 11.0 Å². The quantitative estimate of drug-likeness (QED) is 0.737. The Balaban J connectivity index is 2.48. The van der Waals surface area contributed by atoms with Crippen LogP contribution in [0, 0.1) is 0 Å². The predicted molar refractivity (Wildman–Crippen MR) is 72.9 cm³/mol. The highest BCUT2D eigenvalue weighted by Gasteiger charge is 2.63. The maximum atomic E-state index is 13.7. The summed E-state index contributed by atoms with van der Waals surface area (Å²) in [5.41, 5.74) is -1.80. The van der Waals surface area contributed by atoms with Gasteiger partial charge in [0.1, 0.15) is 5.75 Å². The second-order valence-electron chi connectivity index (χ2n) is 4.85. The standard InChI is InChI=1S/C15H18F3NO/c1-3-5-10-14(15(16,17)18)19(11-4-2)12-8-6-7-9-13(12)20-14/h4,6-9H,2-3,5,10-11H2,1H3. The molecule has 1 unspecified atom stereocenters. The van der Waals surface area contributed by atoms with Crippen LogP contribution in [-0.4, -0.2) is 18.4 Å². The highest BCUT2D eigenvalue weighted by Crippen LogP contribution is 2.51. The number of para-hydroxylation sites is 2. The van der Waals surface area contributed by atoms with Crippen molar-refractivity contribution in [2.45, 2.75) is 38.1 Å². The fourth-order valence-electron chi connectivity index (χ4n) is 2.53. The van der Waals surface area contributed by atoms with Crippen LogP contribution in [0.3, 0.4) is 0 Å². The van der Waals surface area contributed by atoms with E-state index < -0.39 is 11.9 Å². The third-order valence-corrected chi connectivity index (χ3v) is 3.49. The summed E-state index contributed by atoms with van der Waals surface area (Å²) in [5.74, 6) is 0.280. The second kappa shape index (κ2) is 5.38. The first kappa shape index (κ1) is 14.8. The Hall–Kier alpha value is -1.65. The molecule has 2 rings (SSSR count). The van der Waals surface area contributed by atoms with Crippen LogP contribution in [0.1, 0.15) is 26.2 Å². The summed E-state index contributed by atoms with van der Waals surface area (Å²) in [5, 5.41) is 0. The Labute approximate surface area is 116 Å². The monoisotopic (exact) mass is 285 g/mol. The molecule has 5 heteroatoms. The molecule has 1 aromatic carbocycles. The molecule has 0 spiro atoms. The van der Waals surface area contributed by atoms with E-state index in [1.54, 1.807) is 24.3 Å². The van der Waals surface area contributed by atoms with Crippen LogP contribution in [0.4, 0.5) is 18.9 Å². The Bertz CT molecular complexity index is 486. The maximum absolute atomic E-state index is 13.7. The number of hydrogen-bond acceptors (Lipinski definition) is 2. The maximum Gasteiger partial charge on any atom is 0.448 e. The lowest BCUT2D eigenvalue weighted by Gasteiger charge is -2.39. The van der Waals surface area contributed by atoms with E-state index in [-0.39, 0.29) is 18.7 Å². The number of nitrogens with zero attached hydrogens (tertiary/aromatic N) is 1. The van der Waals surface area contributed by atoms with Gasteiger partial charge in [-0.15, -0.1) is 6.58 Å². The first-order valence-corrected chi connectivity index (χ1v) is 6.69. The average Bonchev–Trinajstić information content (AvgIpc) is 2.72. The van der Waals surface area contributed by atoms with Crippen molar-refractivity contribution in [3.8, 4) is 5.75 Å². The highest BCUT2D eigenvalue weighted by molar-refractivity contribution is 5.64. The molecule has 110 valence electrons. The fraction of sp³-hybridized carbons (Fsp3) is 0.467. The number of alkyl halides is 3. The zero-order valence-electron chi connectivity index (χ0n) is 11.4. The molecule has 1 aromatic rings. The largest absolute Gasteiger partial charge is 0.456 e. The van der Waals surface area contributed by atoms with E-state index in [9.17, 15) is 13.2 Å². The van der Waals surface area contributed by atoms with Gasteiger partial charge >= 0.3 is 6.18 Å². The number of anilines is 1. The van der Waals surface area contributed by atoms with Gasteiger partial charge in [-0.1, -0.05) is 31.6 Å². The minimum Gasteiger partial charge on any atom is -0.456 e. The normalized spacial score (nSPS) is 21.5. The first-order valence-electron chi connectivity index (χ1n) is 6.69. The Kier molecular flexibility index (Phi) is 3.97. The molecule has 1 aliphatic rings. The van der Waals surface area contributed by atoms with E-state index in [2.05, 4.69) is 6.58 Å². The Morgan fingerprint density at radius 2 is 2.05 bits per heavy atom. The van der Waals surface area contributed by atoms with Gasteiger partial charge in [0, 0.05) is 13.0 Å². The average molecular weight is 285 g/mol. The Morgan fingerprint density at radius 3 is 2.65 bits per heavy atom. The smallest absolute Gasteiger partial charge is 0.448 e. The van der Waals surface area contributed by atoms with Gasteiger partial charge in [-0.3, -0.25) is 0 Å². The van der Waals surface area contributed by atoms with Crippen LogP contribution in [0.25, 0.3) is 0 Å². The third-order valence-electron chi connectivity index (χ3n) is 3.49. The zero-order valence-corrected chi connectivity index (χ0v) is 11.4. The van der Waals surface area contributed by atoms with Gasteiger partial charge in [0.05, 0.1) is 5.69 Å². The van der Waals surface area contributed by atoms with Crippen molar-refractivity contribution >= 4 is 5.69 Å². The van der Waals surface area contributed by atoms with Gasteiger partial charge < -0.3 is 9.64 Å². The van der Waals surface area contributed by atoms with Gasteiger partial charge in [0.15, 0.2) is 0 Å². The fourth-order valence-corrected chi connectivity index (χ4v) is 2.53. The van der Waals surface area contributed by atoms with Crippen LogP contribution in [0.15, 0.2) is 36.9 Å². The van der Waals surface area contributed by atoms with Crippen molar-refractivity contribution in [3.05, 3.63) is 36.9 Å². The number of unbranched alkanes of at least 4 members (excludes halogenated alkanes) is 1. The molecule has 0 N–H and O–H groups in total. The summed E-state index contributed by atoms with van der Waals surface area (Å²) < 4.78 is 46.4. The molecule has 0 aromatic heterocycles. The molecule has 0 saturated heterocycles. The van der Waals surface area contributed by atoms with Crippen molar-refractivity contribution in [2.75, 3.05) is 11.4 Å². The summed E-state index contributed by atoms with van der Waals surface area (Å²) >= 11 is 0. The van der Waals surface area contributed by atoms with Gasteiger partial charge in [0.25, 0.3) is 5.72 Å². The van der Waals surface area contributed by atoms with Crippen molar-refractivity contribution in [1.82, 2.24) is 0 Å². The summed E-state index contributed by atoms with van der Waals surface area (Å²) in [6.07, 6.45) is -1.96. The topological polar surface area (TPSA) is 12.5 Å². The summed E-state index contributed by atoms with van der Waals surface area (Å²) in [7, 11) is 0. The zero-order chi connectivity index (χ0) is 14.8. The molecule has 0 saturated carbocycles. The molecular formula is C15H18F3NO. The van der Waals surface area contributed by atoms with Gasteiger partial charge in [0.2, 0.25) is 0 Å². The number of rotatable bonds is 5. The van der Waals surface area contributed by atoms with Gasteiger partial charge in [-0.2, -0.15) is 13.2 Å². The summed E-state index contributed by atoms with van der Waals surface area (Å²) in [4.78, 5) is 1.27. The first-order chi connectivity index (χ1) is 9.46. The molecular weight excluding hydrogens is 267 g/mol. The minimum atomic E-state index is -4.47. The minimum absolute atomic E-state index is 0.0878. The molecule has 20 heavy (non-hydrogen) atoms. The number of ether oxygens (including phenoxy) is 1. The van der Waals surface area contributed by atoms with Crippen molar-refractivity contribution in [3.63, 3.8) is 0 Å². The molecule has 1 heterocycles. The van der Waals surface area contributed by atoms with E-state index in [1.807, 2.05) is 6.92 Å². The Morgan fingerprint density at radius 1 is 1.35 bits per heavy atom.